The molecule has 15 heavy (non-hydrogen) atoms. The van der Waals surface area contributed by atoms with Crippen molar-refractivity contribution in [1.82, 2.24) is 5.32 Å². The summed E-state index contributed by atoms with van der Waals surface area (Å²) in [6.45, 7) is 6.98. The van der Waals surface area contributed by atoms with Crippen molar-refractivity contribution in [1.29, 1.82) is 0 Å². The highest BCUT2D eigenvalue weighted by molar-refractivity contribution is 6.24. The van der Waals surface area contributed by atoms with Gasteiger partial charge in [0.2, 0.25) is 0 Å². The van der Waals surface area contributed by atoms with Gasteiger partial charge in [0, 0.05) is 18.5 Å². The van der Waals surface area contributed by atoms with Gasteiger partial charge >= 0.3 is 0 Å². The van der Waals surface area contributed by atoms with E-state index in [-0.39, 0.29) is 16.8 Å². The predicted molar refractivity (Wildman–Crippen MR) is 71.5 cm³/mol. The van der Waals surface area contributed by atoms with Crippen molar-refractivity contribution < 1.29 is 0 Å². The molecule has 0 amide bonds. The van der Waals surface area contributed by atoms with E-state index >= 15 is 0 Å². The Morgan fingerprint density at radius 2 is 1.60 bits per heavy atom. The first kappa shape index (κ1) is 15.8. The zero-order chi connectivity index (χ0) is 11.8. The van der Waals surface area contributed by atoms with Crippen LogP contribution in [0.1, 0.15) is 33.6 Å². The van der Waals surface area contributed by atoms with Gasteiger partial charge in [0.15, 0.2) is 0 Å². The highest BCUT2D eigenvalue weighted by Gasteiger charge is 2.33. The van der Waals surface area contributed by atoms with Gasteiger partial charge in [-0.25, -0.2) is 0 Å². The van der Waals surface area contributed by atoms with Gasteiger partial charge < -0.3 is 5.32 Å². The Morgan fingerprint density at radius 1 is 1.13 bits per heavy atom. The molecule has 0 heterocycles. The Morgan fingerprint density at radius 3 is 2.00 bits per heavy atom. The highest BCUT2D eigenvalue weighted by Crippen LogP contribution is 2.31. The number of nitrogens with one attached hydrogen (secondary N) is 1. The van der Waals surface area contributed by atoms with E-state index in [0.29, 0.717) is 11.8 Å². The molecule has 2 unspecified atom stereocenters. The fraction of sp³-hybridized carbons (Fsp3) is 1.00. The van der Waals surface area contributed by atoms with Crippen LogP contribution in [0.4, 0.5) is 0 Å². The van der Waals surface area contributed by atoms with E-state index < -0.39 is 0 Å². The van der Waals surface area contributed by atoms with Crippen molar-refractivity contribution in [3.63, 3.8) is 0 Å². The van der Waals surface area contributed by atoms with Crippen LogP contribution in [0.5, 0.6) is 0 Å². The Kier molecular flexibility index (Phi) is 9.42. The van der Waals surface area contributed by atoms with Gasteiger partial charge in [-0.3, -0.25) is 0 Å². The fourth-order valence-electron chi connectivity index (χ4n) is 1.86. The zero-order valence-corrected chi connectivity index (χ0v) is 12.0. The summed E-state index contributed by atoms with van der Waals surface area (Å²) in [6.07, 6.45) is 2.09. The predicted octanol–water partition coefficient (Wildman–Crippen LogP) is 3.85. The zero-order valence-electron chi connectivity index (χ0n) is 9.77. The first-order chi connectivity index (χ1) is 7.15. The van der Waals surface area contributed by atoms with Gasteiger partial charge in [0.25, 0.3) is 0 Å². The Labute approximate surface area is 109 Å². The van der Waals surface area contributed by atoms with E-state index in [1.807, 2.05) is 13.8 Å². The van der Waals surface area contributed by atoms with Crippen LogP contribution in [0.15, 0.2) is 0 Å². The first-order valence-electron chi connectivity index (χ1n) is 5.72. The molecule has 1 nitrogen and oxygen atoms in total. The van der Waals surface area contributed by atoms with Gasteiger partial charge in [-0.2, -0.15) is 0 Å². The quantitative estimate of drug-likeness (QED) is 0.771. The van der Waals surface area contributed by atoms with Gasteiger partial charge in [0.1, 0.15) is 0 Å². The maximum atomic E-state index is 6.22. The van der Waals surface area contributed by atoms with Crippen molar-refractivity contribution in [2.24, 2.45) is 5.92 Å². The molecular weight excluding hydrogens is 252 g/mol. The summed E-state index contributed by atoms with van der Waals surface area (Å²) < 4.78 is 0. The molecule has 1 saturated carbocycles. The maximum Gasteiger partial charge on any atom is 0.0506 e. The molecule has 4 heteroatoms. The lowest BCUT2D eigenvalue weighted by Crippen LogP contribution is -2.49. The molecule has 1 aliphatic rings. The van der Waals surface area contributed by atoms with Crippen LogP contribution in [-0.2, 0) is 0 Å². The van der Waals surface area contributed by atoms with Crippen LogP contribution < -0.4 is 5.32 Å². The largest absolute Gasteiger partial charge is 0.310 e. The summed E-state index contributed by atoms with van der Waals surface area (Å²) in [6, 6.07) is 0.221. The maximum absolute atomic E-state index is 6.22. The molecule has 1 fully saturated rings. The van der Waals surface area contributed by atoms with Crippen LogP contribution in [-0.4, -0.2) is 29.2 Å². The summed E-state index contributed by atoms with van der Waals surface area (Å²) in [7, 11) is 0. The monoisotopic (exact) mass is 273 g/mol. The van der Waals surface area contributed by atoms with E-state index in [0.717, 1.165) is 19.4 Å². The van der Waals surface area contributed by atoms with Crippen LogP contribution >= 0.6 is 34.8 Å². The molecular formula is C11H22Cl3N. The van der Waals surface area contributed by atoms with Gasteiger partial charge in [-0.15, -0.1) is 34.8 Å². The Bertz CT molecular complexity index is 143. The summed E-state index contributed by atoms with van der Waals surface area (Å²) >= 11 is 18.0. The average molecular weight is 275 g/mol. The number of rotatable bonds is 3. The molecule has 92 valence electrons. The number of hydrogen-bond acceptors (Lipinski definition) is 1. The van der Waals surface area contributed by atoms with Crippen molar-refractivity contribution in [2.45, 2.75) is 50.4 Å². The SMILES string of the molecule is CC.CC1CC(Cl)C(NCCCl)C(Cl)C1. The van der Waals surface area contributed by atoms with E-state index in [2.05, 4.69) is 12.2 Å². The summed E-state index contributed by atoms with van der Waals surface area (Å²) in [5.74, 6) is 1.25. The molecule has 0 aromatic heterocycles. The van der Waals surface area contributed by atoms with E-state index in [1.165, 1.54) is 0 Å². The molecule has 0 aromatic carbocycles. The lowest BCUT2D eigenvalue weighted by atomic mass is 9.86. The lowest BCUT2D eigenvalue weighted by Gasteiger charge is -2.35. The van der Waals surface area contributed by atoms with Crippen molar-refractivity contribution in [3.8, 4) is 0 Å². The normalized spacial score (nSPS) is 35.6. The minimum Gasteiger partial charge on any atom is -0.310 e. The van der Waals surface area contributed by atoms with Crippen molar-refractivity contribution in [2.75, 3.05) is 12.4 Å². The Balaban J connectivity index is 0.000000921. The molecule has 0 radical (unpaired) electrons. The van der Waals surface area contributed by atoms with Gasteiger partial charge in [-0.1, -0.05) is 20.8 Å². The summed E-state index contributed by atoms with van der Waals surface area (Å²) in [4.78, 5) is 0. The fourth-order valence-corrected chi connectivity index (χ4v) is 3.18. The number of halogens is 3. The first-order valence-corrected chi connectivity index (χ1v) is 7.13. The molecule has 0 saturated heterocycles. The van der Waals surface area contributed by atoms with Gasteiger partial charge in [-0.05, 0) is 18.8 Å². The molecule has 0 bridgehead atoms. The lowest BCUT2D eigenvalue weighted by molar-refractivity contribution is 0.323. The topological polar surface area (TPSA) is 12.0 Å². The second kappa shape index (κ2) is 8.92. The standard InChI is InChI=1S/C9H16Cl3N.C2H6/c1-6-4-7(11)9(8(12)5-6)13-3-2-10;1-2/h6-9,13H,2-5H2,1H3;1-2H3. The summed E-state index contributed by atoms with van der Waals surface area (Å²) in [5.41, 5.74) is 0. The van der Waals surface area contributed by atoms with Crippen LogP contribution in [0.3, 0.4) is 0 Å². The molecule has 1 N–H and O–H groups in total. The molecule has 2 atom stereocenters. The number of alkyl halides is 3. The third-order valence-corrected chi connectivity index (χ3v) is 3.60. The molecule has 1 aliphatic carbocycles. The second-order valence-corrected chi connectivity index (χ2v) is 5.28. The highest BCUT2D eigenvalue weighted by atomic mass is 35.5. The van der Waals surface area contributed by atoms with E-state index in [1.54, 1.807) is 0 Å². The third-order valence-electron chi connectivity index (χ3n) is 2.51. The molecule has 0 aromatic rings. The molecule has 1 rings (SSSR count). The molecule has 0 aliphatic heterocycles. The minimum atomic E-state index is 0.148. The van der Waals surface area contributed by atoms with Gasteiger partial charge in [0.05, 0.1) is 10.8 Å². The minimum absolute atomic E-state index is 0.148. The second-order valence-electron chi connectivity index (χ2n) is 3.78. The van der Waals surface area contributed by atoms with E-state index in [9.17, 15) is 0 Å². The summed E-state index contributed by atoms with van der Waals surface area (Å²) in [5, 5.41) is 3.59. The average Bonchev–Trinajstić information content (AvgIpc) is 2.19. The number of hydrogen-bond donors (Lipinski definition) is 1. The van der Waals surface area contributed by atoms with E-state index in [4.69, 9.17) is 34.8 Å². The smallest absolute Gasteiger partial charge is 0.0506 e. The third kappa shape index (κ3) is 5.63. The van der Waals surface area contributed by atoms with Crippen molar-refractivity contribution >= 4 is 34.8 Å². The Hall–Kier alpha value is 0.830. The van der Waals surface area contributed by atoms with Crippen LogP contribution in [0.25, 0.3) is 0 Å². The molecule has 0 spiro atoms. The van der Waals surface area contributed by atoms with Crippen molar-refractivity contribution in [3.05, 3.63) is 0 Å². The van der Waals surface area contributed by atoms with Crippen LogP contribution in [0, 0.1) is 5.92 Å². The van der Waals surface area contributed by atoms with Crippen LogP contribution in [0.2, 0.25) is 0 Å².